The van der Waals surface area contributed by atoms with E-state index in [-0.39, 0.29) is 44.1 Å². The van der Waals surface area contributed by atoms with Gasteiger partial charge in [-0.2, -0.15) is 0 Å². The van der Waals surface area contributed by atoms with Gasteiger partial charge in [-0.25, -0.2) is 15.0 Å². The van der Waals surface area contributed by atoms with Gasteiger partial charge in [-0.05, 0) is 68.1 Å². The number of para-hydroxylation sites is 1. The summed E-state index contributed by atoms with van der Waals surface area (Å²) >= 11 is 0. The third kappa shape index (κ3) is 4.57. The van der Waals surface area contributed by atoms with E-state index in [9.17, 15) is 5.48 Å². The van der Waals surface area contributed by atoms with Crippen molar-refractivity contribution in [3.63, 3.8) is 0 Å². The summed E-state index contributed by atoms with van der Waals surface area (Å²) in [5, 5.41) is 2.49. The number of fused-ring (bicyclic) bond motifs is 7. The lowest BCUT2D eigenvalue weighted by molar-refractivity contribution is 0.670. The number of hydrogen-bond acceptors (Lipinski definition) is 4. The molecule has 0 N–H and O–H groups in total. The highest BCUT2D eigenvalue weighted by molar-refractivity contribution is 6.16. The molecule has 0 bridgehead atoms. The lowest BCUT2D eigenvalue weighted by Crippen LogP contribution is -2.01. The second-order valence-corrected chi connectivity index (χ2v) is 11.1. The number of aromatic nitrogens is 3. The summed E-state index contributed by atoms with van der Waals surface area (Å²) in [5.74, 6) is -0.953. The third-order valence-corrected chi connectivity index (χ3v) is 8.29. The first-order chi connectivity index (χ1) is 31.3. The van der Waals surface area contributed by atoms with Crippen molar-refractivity contribution in [2.45, 2.75) is 0 Å². The number of furan rings is 1. The van der Waals surface area contributed by atoms with Gasteiger partial charge in [-0.1, -0.05) is 133 Å². The van der Waals surface area contributed by atoms with Crippen LogP contribution in [-0.4, -0.2) is 15.0 Å². The summed E-state index contributed by atoms with van der Waals surface area (Å²) in [6.07, 6.45) is 0. The van der Waals surface area contributed by atoms with Crippen LogP contribution in [0.15, 0.2) is 168 Å². The van der Waals surface area contributed by atoms with Crippen molar-refractivity contribution < 1.29 is 27.7 Å². The van der Waals surface area contributed by atoms with Gasteiger partial charge in [0.25, 0.3) is 0 Å². The van der Waals surface area contributed by atoms with Gasteiger partial charge >= 0.3 is 0 Å². The Labute approximate surface area is 305 Å². The van der Waals surface area contributed by atoms with Crippen LogP contribution < -0.4 is 0 Å². The monoisotopic (exact) mass is 642 g/mol. The third-order valence-electron chi connectivity index (χ3n) is 8.29. The van der Waals surface area contributed by atoms with Crippen molar-refractivity contribution in [2.75, 3.05) is 0 Å². The highest BCUT2D eigenvalue weighted by Gasteiger charge is 2.21. The first kappa shape index (κ1) is 15.5. The zero-order valence-electron chi connectivity index (χ0n) is 42.0. The topological polar surface area (TPSA) is 51.8 Å². The Balaban J connectivity index is 1.38. The fraction of sp³-hybridized carbons (Fsp3) is 0. The molecular weight excluding hydrogens is 599 g/mol. The van der Waals surface area contributed by atoms with E-state index in [1.807, 2.05) is 42.5 Å². The zero-order chi connectivity index (χ0) is 47.1. The van der Waals surface area contributed by atoms with E-state index < -0.39 is 131 Å². The van der Waals surface area contributed by atoms with Crippen LogP contribution in [0.2, 0.25) is 0 Å². The van der Waals surface area contributed by atoms with Gasteiger partial charge in [0.05, 0.1) is 23.3 Å². The molecule has 10 aromatic rings. The molecule has 0 aliphatic heterocycles. The highest BCUT2D eigenvalue weighted by atomic mass is 16.3. The molecular formula is C45H27N3O. The Morgan fingerprint density at radius 2 is 1.16 bits per heavy atom. The van der Waals surface area contributed by atoms with Crippen LogP contribution in [0.4, 0.5) is 0 Å². The molecule has 0 saturated heterocycles. The van der Waals surface area contributed by atoms with Crippen LogP contribution in [0, 0.1) is 0 Å². The standard InChI is InChI=1S/C45H27N3O/c1-2-11-29(12-3-1)36-24-25-38(41-37-16-8-9-17-40(37)49-42(36)41)45-47-43(33-22-18-28-10-4-5-14-32(28)26-33)46-44(48-45)34-23-21-31-20-19-30-13-6-7-15-35(30)39(31)27-34/h1-27H/i1D,2D,3D,4D,5D,8D,9D,10D,11D,12D,14D,17D,18D,22D,24D,25D,26D. The number of hydrogen-bond donors (Lipinski definition) is 0. The second kappa shape index (κ2) is 11.0. The van der Waals surface area contributed by atoms with E-state index in [4.69, 9.17) is 32.2 Å². The Bertz CT molecular complexity index is 3840. The molecule has 0 saturated carbocycles. The van der Waals surface area contributed by atoms with E-state index in [0.717, 1.165) is 21.5 Å². The van der Waals surface area contributed by atoms with Crippen molar-refractivity contribution in [3.05, 3.63) is 163 Å². The molecule has 0 spiro atoms. The molecule has 228 valence electrons. The molecule has 0 unspecified atom stereocenters. The molecule has 0 aliphatic rings. The van der Waals surface area contributed by atoms with Crippen molar-refractivity contribution in [2.24, 2.45) is 0 Å². The Kier molecular flexibility index (Phi) is 3.47. The van der Waals surface area contributed by atoms with Crippen LogP contribution in [-0.2, 0) is 0 Å². The van der Waals surface area contributed by atoms with Crippen LogP contribution in [0.1, 0.15) is 23.3 Å². The minimum Gasteiger partial charge on any atom is -0.455 e. The first-order valence-corrected chi connectivity index (χ1v) is 15.1. The number of rotatable bonds is 4. The summed E-state index contributed by atoms with van der Waals surface area (Å²) in [6.45, 7) is 0. The maximum absolute atomic E-state index is 9.63. The van der Waals surface area contributed by atoms with E-state index >= 15 is 0 Å². The maximum atomic E-state index is 9.63. The summed E-state index contributed by atoms with van der Waals surface area (Å²) in [6, 6.07) is 6.89. The molecule has 0 aliphatic carbocycles. The molecule has 0 atom stereocenters. The maximum Gasteiger partial charge on any atom is 0.164 e. The van der Waals surface area contributed by atoms with Gasteiger partial charge in [0.2, 0.25) is 0 Å². The highest BCUT2D eigenvalue weighted by Crippen LogP contribution is 2.41. The Morgan fingerprint density at radius 1 is 0.449 bits per heavy atom. The minimum absolute atomic E-state index is 0.0497. The fourth-order valence-corrected chi connectivity index (χ4v) is 6.03. The van der Waals surface area contributed by atoms with Crippen LogP contribution in [0.25, 0.3) is 99.5 Å². The largest absolute Gasteiger partial charge is 0.455 e. The van der Waals surface area contributed by atoms with Gasteiger partial charge in [0, 0.05) is 33.0 Å². The van der Waals surface area contributed by atoms with Crippen LogP contribution >= 0.6 is 0 Å². The molecule has 4 nitrogen and oxygen atoms in total. The van der Waals surface area contributed by atoms with Gasteiger partial charge in [-0.15, -0.1) is 0 Å². The van der Waals surface area contributed by atoms with E-state index in [0.29, 0.717) is 5.56 Å². The molecule has 49 heavy (non-hydrogen) atoms. The molecule has 0 fully saturated rings. The smallest absolute Gasteiger partial charge is 0.164 e. The second-order valence-electron chi connectivity index (χ2n) is 11.1. The van der Waals surface area contributed by atoms with Crippen LogP contribution in [0.5, 0.6) is 0 Å². The van der Waals surface area contributed by atoms with Crippen molar-refractivity contribution >= 4 is 54.3 Å². The van der Waals surface area contributed by atoms with E-state index in [1.54, 1.807) is 12.1 Å². The lowest BCUT2D eigenvalue weighted by Gasteiger charge is -2.12. The summed E-state index contributed by atoms with van der Waals surface area (Å²) < 4.78 is 155. The first-order valence-electron chi connectivity index (χ1n) is 23.6. The molecule has 2 aromatic heterocycles. The average molecular weight is 643 g/mol. The van der Waals surface area contributed by atoms with Gasteiger partial charge < -0.3 is 4.42 Å². The molecule has 4 heteroatoms. The van der Waals surface area contributed by atoms with Gasteiger partial charge in [0.1, 0.15) is 11.2 Å². The van der Waals surface area contributed by atoms with Crippen molar-refractivity contribution in [3.8, 4) is 45.3 Å². The van der Waals surface area contributed by atoms with Crippen molar-refractivity contribution in [1.29, 1.82) is 0 Å². The molecule has 0 radical (unpaired) electrons. The van der Waals surface area contributed by atoms with E-state index in [2.05, 4.69) is 4.98 Å². The molecule has 10 rings (SSSR count). The van der Waals surface area contributed by atoms with Gasteiger partial charge in [-0.3, -0.25) is 0 Å². The molecule has 2 heterocycles. The Hall–Kier alpha value is -6.65. The number of benzene rings is 8. The van der Waals surface area contributed by atoms with E-state index in [1.165, 1.54) is 6.07 Å². The SMILES string of the molecule is [2H]c1cc2c(oc3c(-c4c([2H])c([2H])c([2H])c([2H])c4[2H])c([2H])c([2H])c(-c4nc(-c5ccc6ccc7ccccc7c6c5)nc(-c5c([2H])c([2H])c6c([2H])c([2H])c([2H])c([2H])c6c5[2H])n4)c32)c([2H])c1[2H]. The number of nitrogens with zero attached hydrogens (tertiary/aromatic N) is 3. The summed E-state index contributed by atoms with van der Waals surface area (Å²) in [7, 11) is 0. The normalized spacial score (nSPS) is 16.5. The quantitative estimate of drug-likeness (QED) is 0.179. The van der Waals surface area contributed by atoms with Crippen LogP contribution in [0.3, 0.4) is 0 Å². The lowest BCUT2D eigenvalue weighted by atomic mass is 9.98. The molecule has 0 amide bonds. The van der Waals surface area contributed by atoms with Crippen molar-refractivity contribution in [1.82, 2.24) is 15.0 Å². The summed E-state index contributed by atoms with van der Waals surface area (Å²) in [5.41, 5.74) is -1.97. The predicted molar refractivity (Wildman–Crippen MR) is 201 cm³/mol. The fourth-order valence-electron chi connectivity index (χ4n) is 6.03. The zero-order valence-corrected chi connectivity index (χ0v) is 25.0. The average Bonchev–Trinajstić information content (AvgIpc) is 3.68. The predicted octanol–water partition coefficient (Wildman–Crippen LogP) is 11.9. The Morgan fingerprint density at radius 3 is 2.06 bits per heavy atom. The summed E-state index contributed by atoms with van der Waals surface area (Å²) in [4.78, 5) is 14.2. The molecule has 8 aromatic carbocycles. The minimum atomic E-state index is -0.741. The van der Waals surface area contributed by atoms with Gasteiger partial charge in [0.15, 0.2) is 17.5 Å².